The normalized spacial score (nSPS) is 16.8. The third-order valence-corrected chi connectivity index (χ3v) is 5.39. The molecule has 0 N–H and O–H groups in total. The van der Waals surface area contributed by atoms with Crippen LogP contribution in [0.4, 0.5) is 0 Å². The third kappa shape index (κ3) is 3.95. The third-order valence-electron chi connectivity index (χ3n) is 5.39. The highest BCUT2D eigenvalue weighted by Gasteiger charge is 2.17. The Morgan fingerprint density at radius 3 is 2.65 bits per heavy atom. The standard InChI is InChI=1S/C30H27N3O/c1-18-13-20(15-30(3,4)5)9-11-22(18)26-14-27(32-17-19(26)2)25-8-6-7-23-24-12-10-21(16-31)33-29(24)34-28(23)25/h6-14,17H,15H2,1-5H3/i1D3,2D3,11D,15D2. The Labute approximate surface area is 212 Å². The summed E-state index contributed by atoms with van der Waals surface area (Å²) < 4.78 is 81.7. The van der Waals surface area contributed by atoms with E-state index in [-0.39, 0.29) is 51.0 Å². The van der Waals surface area contributed by atoms with Crippen LogP contribution in [-0.2, 0) is 6.37 Å². The number of benzene rings is 2. The fourth-order valence-electron chi connectivity index (χ4n) is 3.98. The van der Waals surface area contributed by atoms with Gasteiger partial charge < -0.3 is 4.42 Å². The van der Waals surface area contributed by atoms with E-state index in [1.807, 2.05) is 12.1 Å². The van der Waals surface area contributed by atoms with E-state index in [1.165, 1.54) is 18.2 Å². The molecule has 0 spiro atoms. The quantitative estimate of drug-likeness (QED) is 0.279. The fraction of sp³-hybridized carbons (Fsp3) is 0.233. The molecule has 0 atom stereocenters. The highest BCUT2D eigenvalue weighted by atomic mass is 16.3. The number of furan rings is 1. The van der Waals surface area contributed by atoms with Crippen molar-refractivity contribution in [2.24, 2.45) is 5.41 Å². The maximum atomic E-state index is 9.25. The van der Waals surface area contributed by atoms with Crippen molar-refractivity contribution < 1.29 is 16.8 Å². The molecule has 4 heteroatoms. The Bertz CT molecular complexity index is 1940. The van der Waals surface area contributed by atoms with Crippen molar-refractivity contribution in [2.45, 2.75) is 40.8 Å². The number of aryl methyl sites for hydroxylation is 2. The van der Waals surface area contributed by atoms with Gasteiger partial charge in [-0.3, -0.25) is 4.98 Å². The molecule has 0 radical (unpaired) electrons. The van der Waals surface area contributed by atoms with Crippen LogP contribution in [0.3, 0.4) is 0 Å². The lowest BCUT2D eigenvalue weighted by Crippen LogP contribution is -2.09. The Kier molecular flexibility index (Phi) is 3.26. The molecule has 0 saturated heterocycles. The van der Waals surface area contributed by atoms with Gasteiger partial charge in [-0.25, -0.2) is 4.98 Å². The van der Waals surface area contributed by atoms with Crippen molar-refractivity contribution in [1.82, 2.24) is 9.97 Å². The molecule has 5 rings (SSSR count). The maximum absolute atomic E-state index is 9.25. The molecule has 3 aromatic heterocycles. The predicted molar refractivity (Wildman–Crippen MR) is 138 cm³/mol. The molecule has 0 aliphatic carbocycles. The van der Waals surface area contributed by atoms with Crippen LogP contribution in [-0.4, -0.2) is 9.97 Å². The molecule has 4 nitrogen and oxygen atoms in total. The number of nitriles is 1. The summed E-state index contributed by atoms with van der Waals surface area (Å²) in [7, 11) is 0. The molecule has 5 aromatic rings. The average Bonchev–Trinajstić information content (AvgIpc) is 3.28. The topological polar surface area (TPSA) is 62.7 Å². The molecule has 0 fully saturated rings. The van der Waals surface area contributed by atoms with E-state index < -0.39 is 25.5 Å². The van der Waals surface area contributed by atoms with Crippen LogP contribution in [0.15, 0.2) is 65.2 Å². The van der Waals surface area contributed by atoms with Crippen LogP contribution in [0.1, 0.15) is 55.5 Å². The van der Waals surface area contributed by atoms with Gasteiger partial charge >= 0.3 is 0 Å². The van der Waals surface area contributed by atoms with Crippen molar-refractivity contribution in [3.8, 4) is 28.5 Å². The van der Waals surface area contributed by atoms with Crippen LogP contribution in [0.25, 0.3) is 44.5 Å². The molecule has 0 unspecified atom stereocenters. The highest BCUT2D eigenvalue weighted by Crippen LogP contribution is 2.37. The zero-order valence-corrected chi connectivity index (χ0v) is 18.9. The molecule has 2 aromatic carbocycles. The molecule has 0 saturated carbocycles. The Morgan fingerprint density at radius 2 is 1.88 bits per heavy atom. The van der Waals surface area contributed by atoms with Gasteiger partial charge in [0.2, 0.25) is 5.71 Å². The first-order chi connectivity index (χ1) is 19.8. The molecule has 0 bridgehead atoms. The summed E-state index contributed by atoms with van der Waals surface area (Å²) in [5, 5.41) is 10.6. The summed E-state index contributed by atoms with van der Waals surface area (Å²) in [6.45, 7) is -0.474. The van der Waals surface area contributed by atoms with Crippen molar-refractivity contribution in [2.75, 3.05) is 0 Å². The molecule has 0 amide bonds. The van der Waals surface area contributed by atoms with E-state index in [9.17, 15) is 5.26 Å². The van der Waals surface area contributed by atoms with Gasteiger partial charge in [-0.15, -0.1) is 0 Å². The van der Waals surface area contributed by atoms with Gasteiger partial charge in [0, 0.05) is 33.5 Å². The van der Waals surface area contributed by atoms with Gasteiger partial charge in [0.1, 0.15) is 17.3 Å². The predicted octanol–water partition coefficient (Wildman–Crippen LogP) is 7.79. The number of para-hydroxylation sites is 1. The van der Waals surface area contributed by atoms with Crippen molar-refractivity contribution in [1.29, 1.82) is 5.26 Å². The summed E-state index contributed by atoms with van der Waals surface area (Å²) >= 11 is 0. The summed E-state index contributed by atoms with van der Waals surface area (Å²) in [5.74, 6) is 0. The summed E-state index contributed by atoms with van der Waals surface area (Å²) in [5.41, 5.74) is -0.126. The molecule has 3 heterocycles. The number of rotatable bonds is 3. The minimum atomic E-state index is -2.80. The van der Waals surface area contributed by atoms with E-state index in [2.05, 4.69) is 9.97 Å². The van der Waals surface area contributed by atoms with Gasteiger partial charge in [-0.2, -0.15) is 5.26 Å². The lowest BCUT2D eigenvalue weighted by Gasteiger charge is -2.19. The van der Waals surface area contributed by atoms with E-state index >= 15 is 0 Å². The fourth-order valence-corrected chi connectivity index (χ4v) is 3.98. The second-order valence-electron chi connectivity index (χ2n) is 9.11. The lowest BCUT2D eigenvalue weighted by molar-refractivity contribution is 0.411. The van der Waals surface area contributed by atoms with Crippen molar-refractivity contribution in [3.05, 3.63) is 83.2 Å². The summed E-state index contributed by atoms with van der Waals surface area (Å²) in [4.78, 5) is 8.64. The average molecular weight is 455 g/mol. The Balaban J connectivity index is 1.82. The first-order valence-electron chi connectivity index (χ1n) is 15.2. The van der Waals surface area contributed by atoms with E-state index in [0.717, 1.165) is 6.20 Å². The minimum Gasteiger partial charge on any atom is -0.437 e. The van der Waals surface area contributed by atoms with Crippen molar-refractivity contribution in [3.63, 3.8) is 0 Å². The summed E-state index contributed by atoms with van der Waals surface area (Å²) in [6, 6.07) is 14.1. The SMILES string of the molecule is [2H]c1cc(C([2H])([2H])C(C)(C)C)cc(C([2H])([2H])[2H])c1-c1cc(-c2cccc3c2oc2nc(C#N)ccc23)ncc1C([2H])([2H])[2H]. The molecule has 0 aliphatic heterocycles. The van der Waals surface area contributed by atoms with E-state index in [4.69, 9.17) is 16.8 Å². The van der Waals surface area contributed by atoms with Gasteiger partial charge in [0.15, 0.2) is 0 Å². The number of pyridine rings is 2. The number of nitrogens with zero attached hydrogens (tertiary/aromatic N) is 3. The molecule has 168 valence electrons. The second kappa shape index (κ2) is 8.11. The monoisotopic (exact) mass is 454 g/mol. The van der Waals surface area contributed by atoms with E-state index in [0.29, 0.717) is 21.9 Å². The Hall–Kier alpha value is -3.97. The Morgan fingerprint density at radius 1 is 1.03 bits per heavy atom. The first kappa shape index (κ1) is 13.7. The molecule has 0 aliphatic rings. The van der Waals surface area contributed by atoms with E-state index in [1.54, 1.807) is 45.0 Å². The van der Waals surface area contributed by atoms with Crippen LogP contribution >= 0.6 is 0 Å². The highest BCUT2D eigenvalue weighted by molar-refractivity contribution is 6.08. The summed E-state index contributed by atoms with van der Waals surface area (Å²) in [6.07, 6.45) is -0.843. The maximum Gasteiger partial charge on any atom is 0.228 e. The minimum absolute atomic E-state index is 0.0147. The van der Waals surface area contributed by atoms with Crippen LogP contribution in [0.2, 0.25) is 0 Å². The molecular weight excluding hydrogens is 418 g/mol. The molecular formula is C30H27N3O. The molecule has 34 heavy (non-hydrogen) atoms. The lowest BCUT2D eigenvalue weighted by atomic mass is 9.86. The van der Waals surface area contributed by atoms with Gasteiger partial charge in [-0.1, -0.05) is 51.1 Å². The van der Waals surface area contributed by atoms with Crippen LogP contribution in [0.5, 0.6) is 0 Å². The number of hydrogen-bond donors (Lipinski definition) is 0. The van der Waals surface area contributed by atoms with Gasteiger partial charge in [0.25, 0.3) is 0 Å². The van der Waals surface area contributed by atoms with Gasteiger partial charge in [0.05, 0.1) is 7.06 Å². The van der Waals surface area contributed by atoms with Crippen molar-refractivity contribution >= 4 is 22.1 Å². The zero-order chi connectivity index (χ0) is 31.7. The van der Waals surface area contributed by atoms with Crippen LogP contribution < -0.4 is 0 Å². The zero-order valence-electron chi connectivity index (χ0n) is 27.9. The second-order valence-corrected chi connectivity index (χ2v) is 9.11. The van der Waals surface area contributed by atoms with Crippen LogP contribution in [0, 0.1) is 30.4 Å². The number of aromatic nitrogens is 2. The van der Waals surface area contributed by atoms with Gasteiger partial charge in [-0.05, 0) is 77.6 Å². The number of hydrogen-bond acceptors (Lipinski definition) is 4. The largest absolute Gasteiger partial charge is 0.437 e. The number of fused-ring (bicyclic) bond motifs is 3. The first-order valence-corrected chi connectivity index (χ1v) is 10.7. The smallest absolute Gasteiger partial charge is 0.228 e.